The van der Waals surface area contributed by atoms with Crippen LogP contribution in [0.3, 0.4) is 0 Å². The summed E-state index contributed by atoms with van der Waals surface area (Å²) in [6.45, 7) is 4.99. The van der Waals surface area contributed by atoms with E-state index in [1.165, 1.54) is 5.56 Å². The summed E-state index contributed by atoms with van der Waals surface area (Å²) < 4.78 is 1.90. The van der Waals surface area contributed by atoms with E-state index in [0.717, 1.165) is 17.9 Å². The monoisotopic (exact) mass is 187 g/mol. The van der Waals surface area contributed by atoms with E-state index in [-0.39, 0.29) is 0 Å². The van der Waals surface area contributed by atoms with Crippen molar-refractivity contribution in [2.45, 2.75) is 20.4 Å². The van der Waals surface area contributed by atoms with Gasteiger partial charge in [-0.2, -0.15) is 5.10 Å². The number of nitrogens with zero attached hydrogens (tertiary/aromatic N) is 3. The number of aromatic nitrogens is 3. The average molecular weight is 187 g/mol. The lowest BCUT2D eigenvalue weighted by Crippen LogP contribution is -1.94. The first-order chi connectivity index (χ1) is 6.79. The molecule has 72 valence electrons. The van der Waals surface area contributed by atoms with Gasteiger partial charge in [0.05, 0.1) is 5.69 Å². The lowest BCUT2D eigenvalue weighted by atomic mass is 10.2. The Labute approximate surface area is 83.4 Å². The number of hydrogen-bond acceptors (Lipinski definition) is 2. The standard InChI is InChI=1S/C11H13N3/c1-3-14-7-6-11(13-14)10-5-4-9(2)8-12-10/h4-8H,3H2,1-2H3. The molecule has 0 bridgehead atoms. The van der Waals surface area contributed by atoms with E-state index in [4.69, 9.17) is 0 Å². The van der Waals surface area contributed by atoms with E-state index in [9.17, 15) is 0 Å². The van der Waals surface area contributed by atoms with Gasteiger partial charge in [-0.3, -0.25) is 9.67 Å². The number of aryl methyl sites for hydroxylation is 2. The highest BCUT2D eigenvalue weighted by atomic mass is 15.3. The maximum Gasteiger partial charge on any atom is 0.111 e. The zero-order valence-electron chi connectivity index (χ0n) is 8.44. The molecule has 3 nitrogen and oxygen atoms in total. The van der Waals surface area contributed by atoms with Crippen LogP contribution in [0.5, 0.6) is 0 Å². The Bertz CT molecular complexity index is 414. The number of hydrogen-bond donors (Lipinski definition) is 0. The summed E-state index contributed by atoms with van der Waals surface area (Å²) >= 11 is 0. The number of rotatable bonds is 2. The maximum atomic E-state index is 4.38. The van der Waals surface area contributed by atoms with E-state index in [0.29, 0.717) is 0 Å². The summed E-state index contributed by atoms with van der Waals surface area (Å²) in [5.74, 6) is 0. The van der Waals surface area contributed by atoms with Crippen molar-refractivity contribution in [2.75, 3.05) is 0 Å². The number of pyridine rings is 1. The summed E-state index contributed by atoms with van der Waals surface area (Å²) in [6.07, 6.45) is 3.83. The van der Waals surface area contributed by atoms with Crippen LogP contribution in [0.15, 0.2) is 30.6 Å². The third kappa shape index (κ3) is 1.66. The quantitative estimate of drug-likeness (QED) is 0.722. The van der Waals surface area contributed by atoms with Gasteiger partial charge in [0.25, 0.3) is 0 Å². The largest absolute Gasteiger partial charge is 0.272 e. The molecule has 0 saturated heterocycles. The van der Waals surface area contributed by atoms with Crippen LogP contribution in [0.4, 0.5) is 0 Å². The van der Waals surface area contributed by atoms with Crippen LogP contribution in [-0.2, 0) is 6.54 Å². The first kappa shape index (κ1) is 8.94. The molecule has 0 radical (unpaired) electrons. The van der Waals surface area contributed by atoms with E-state index in [1.807, 2.05) is 42.2 Å². The van der Waals surface area contributed by atoms with E-state index >= 15 is 0 Å². The summed E-state index contributed by atoms with van der Waals surface area (Å²) in [5.41, 5.74) is 3.04. The van der Waals surface area contributed by atoms with E-state index in [1.54, 1.807) is 0 Å². The van der Waals surface area contributed by atoms with Gasteiger partial charge in [-0.05, 0) is 31.5 Å². The molecule has 2 heterocycles. The Kier molecular flexibility index (Phi) is 2.31. The van der Waals surface area contributed by atoms with Crippen LogP contribution >= 0.6 is 0 Å². The van der Waals surface area contributed by atoms with Crippen molar-refractivity contribution in [2.24, 2.45) is 0 Å². The van der Waals surface area contributed by atoms with Crippen LogP contribution in [0.25, 0.3) is 11.4 Å². The second-order valence-electron chi connectivity index (χ2n) is 3.28. The molecule has 0 fully saturated rings. The van der Waals surface area contributed by atoms with Crippen LogP contribution < -0.4 is 0 Å². The molecule has 0 saturated carbocycles. The molecule has 2 aromatic rings. The third-order valence-electron chi connectivity index (χ3n) is 2.14. The summed E-state index contributed by atoms with van der Waals surface area (Å²) in [5, 5.41) is 4.38. The van der Waals surface area contributed by atoms with Gasteiger partial charge in [-0.15, -0.1) is 0 Å². The Morgan fingerprint density at radius 2 is 2.07 bits per heavy atom. The van der Waals surface area contributed by atoms with Crippen molar-refractivity contribution in [3.63, 3.8) is 0 Å². The molecule has 0 aromatic carbocycles. The molecule has 0 amide bonds. The average Bonchev–Trinajstić information content (AvgIpc) is 2.67. The molecule has 0 atom stereocenters. The minimum Gasteiger partial charge on any atom is -0.272 e. The molecular formula is C11H13N3. The molecule has 2 aromatic heterocycles. The van der Waals surface area contributed by atoms with Crippen LogP contribution in [0.2, 0.25) is 0 Å². The van der Waals surface area contributed by atoms with Gasteiger partial charge >= 0.3 is 0 Å². The van der Waals surface area contributed by atoms with Gasteiger partial charge in [0, 0.05) is 18.9 Å². The predicted octanol–water partition coefficient (Wildman–Crippen LogP) is 2.27. The Balaban J connectivity index is 2.34. The Hall–Kier alpha value is -1.64. The normalized spacial score (nSPS) is 10.4. The molecule has 0 aliphatic carbocycles. The fourth-order valence-electron chi connectivity index (χ4n) is 1.29. The molecular weight excluding hydrogens is 174 g/mol. The Morgan fingerprint density at radius 3 is 2.64 bits per heavy atom. The highest BCUT2D eigenvalue weighted by molar-refractivity contribution is 5.53. The first-order valence-corrected chi connectivity index (χ1v) is 4.76. The Morgan fingerprint density at radius 1 is 1.21 bits per heavy atom. The van der Waals surface area contributed by atoms with Crippen molar-refractivity contribution in [1.29, 1.82) is 0 Å². The van der Waals surface area contributed by atoms with Gasteiger partial charge < -0.3 is 0 Å². The van der Waals surface area contributed by atoms with Crippen molar-refractivity contribution >= 4 is 0 Å². The fraction of sp³-hybridized carbons (Fsp3) is 0.273. The summed E-state index contributed by atoms with van der Waals surface area (Å²) in [4.78, 5) is 4.32. The van der Waals surface area contributed by atoms with Gasteiger partial charge in [0.1, 0.15) is 5.69 Å². The van der Waals surface area contributed by atoms with E-state index < -0.39 is 0 Å². The van der Waals surface area contributed by atoms with Gasteiger partial charge in [-0.1, -0.05) is 6.07 Å². The van der Waals surface area contributed by atoms with Gasteiger partial charge in [0.2, 0.25) is 0 Å². The smallest absolute Gasteiger partial charge is 0.111 e. The first-order valence-electron chi connectivity index (χ1n) is 4.76. The molecule has 3 heteroatoms. The van der Waals surface area contributed by atoms with Crippen LogP contribution in [0, 0.1) is 6.92 Å². The SMILES string of the molecule is CCn1ccc(-c2ccc(C)cn2)n1. The highest BCUT2D eigenvalue weighted by Gasteiger charge is 2.01. The lowest BCUT2D eigenvalue weighted by Gasteiger charge is -1.96. The van der Waals surface area contributed by atoms with Crippen molar-refractivity contribution in [3.8, 4) is 11.4 Å². The molecule has 0 spiro atoms. The van der Waals surface area contributed by atoms with Crippen molar-refractivity contribution < 1.29 is 0 Å². The highest BCUT2D eigenvalue weighted by Crippen LogP contribution is 2.13. The summed E-state index contributed by atoms with van der Waals surface area (Å²) in [6, 6.07) is 6.03. The van der Waals surface area contributed by atoms with Crippen molar-refractivity contribution in [1.82, 2.24) is 14.8 Å². The molecule has 2 rings (SSSR count). The molecule has 0 aliphatic rings. The molecule has 14 heavy (non-hydrogen) atoms. The zero-order chi connectivity index (χ0) is 9.97. The summed E-state index contributed by atoms with van der Waals surface area (Å²) in [7, 11) is 0. The van der Waals surface area contributed by atoms with E-state index in [2.05, 4.69) is 17.0 Å². The second-order valence-corrected chi connectivity index (χ2v) is 3.28. The fourth-order valence-corrected chi connectivity index (χ4v) is 1.29. The molecule has 0 N–H and O–H groups in total. The molecule has 0 aliphatic heterocycles. The minimum absolute atomic E-state index is 0.895. The zero-order valence-corrected chi connectivity index (χ0v) is 8.44. The van der Waals surface area contributed by atoms with Crippen LogP contribution in [-0.4, -0.2) is 14.8 Å². The maximum absolute atomic E-state index is 4.38. The van der Waals surface area contributed by atoms with Gasteiger partial charge in [0.15, 0.2) is 0 Å². The minimum atomic E-state index is 0.895. The second kappa shape index (κ2) is 3.62. The van der Waals surface area contributed by atoms with Crippen LogP contribution in [0.1, 0.15) is 12.5 Å². The van der Waals surface area contributed by atoms with Crippen molar-refractivity contribution in [3.05, 3.63) is 36.2 Å². The predicted molar refractivity (Wildman–Crippen MR) is 55.9 cm³/mol. The lowest BCUT2D eigenvalue weighted by molar-refractivity contribution is 0.661. The topological polar surface area (TPSA) is 30.7 Å². The third-order valence-corrected chi connectivity index (χ3v) is 2.14. The molecule has 0 unspecified atom stereocenters. The van der Waals surface area contributed by atoms with Gasteiger partial charge in [-0.25, -0.2) is 0 Å².